The van der Waals surface area contributed by atoms with Crippen LogP contribution in [0.25, 0.3) is 0 Å². The zero-order valence-corrected chi connectivity index (χ0v) is 14.7. The maximum atomic E-state index is 13.0. The molecule has 1 aromatic heterocycles. The zero-order chi connectivity index (χ0) is 17.8. The van der Waals surface area contributed by atoms with Crippen molar-refractivity contribution in [1.82, 2.24) is 9.97 Å². The van der Waals surface area contributed by atoms with Gasteiger partial charge in [0.15, 0.2) is 0 Å². The van der Waals surface area contributed by atoms with E-state index in [-0.39, 0.29) is 5.82 Å². The van der Waals surface area contributed by atoms with Crippen LogP contribution in [-0.4, -0.2) is 9.97 Å². The van der Waals surface area contributed by atoms with E-state index in [0.29, 0.717) is 29.0 Å². The molecule has 0 bridgehead atoms. The van der Waals surface area contributed by atoms with Crippen LogP contribution in [0.3, 0.4) is 0 Å². The molecule has 1 heterocycles. The first-order chi connectivity index (χ1) is 12.0. The molecule has 6 heteroatoms. The van der Waals surface area contributed by atoms with Crippen LogP contribution in [0.4, 0.5) is 21.7 Å². The Hall–Kier alpha value is -2.66. The highest BCUT2D eigenvalue weighted by atomic mass is 35.5. The summed E-state index contributed by atoms with van der Waals surface area (Å²) in [5, 5.41) is 7.21. The first kappa shape index (κ1) is 17.2. The number of nitrogens with zero attached hydrogens (tertiary/aromatic N) is 2. The van der Waals surface area contributed by atoms with Crippen molar-refractivity contribution in [3.05, 3.63) is 76.3 Å². The Morgan fingerprint density at radius 1 is 1.00 bits per heavy atom. The first-order valence-electron chi connectivity index (χ1n) is 7.87. The van der Waals surface area contributed by atoms with Gasteiger partial charge in [-0.05, 0) is 49.2 Å². The highest BCUT2D eigenvalue weighted by Crippen LogP contribution is 2.26. The molecule has 2 aromatic carbocycles. The lowest BCUT2D eigenvalue weighted by atomic mass is 10.2. The molecule has 2 N–H and O–H groups in total. The number of anilines is 3. The number of rotatable bonds is 5. The van der Waals surface area contributed by atoms with Gasteiger partial charge in [0, 0.05) is 23.3 Å². The van der Waals surface area contributed by atoms with Gasteiger partial charge in [-0.25, -0.2) is 14.4 Å². The average molecular weight is 357 g/mol. The minimum atomic E-state index is -0.245. The summed E-state index contributed by atoms with van der Waals surface area (Å²) in [6.07, 6.45) is 0. The number of hydrogen-bond acceptors (Lipinski definition) is 4. The van der Waals surface area contributed by atoms with Gasteiger partial charge in [0.05, 0.1) is 0 Å². The predicted octanol–water partition coefficient (Wildman–Crippen LogP) is 5.24. The van der Waals surface area contributed by atoms with Crippen molar-refractivity contribution >= 4 is 28.9 Å². The maximum absolute atomic E-state index is 13.0. The van der Waals surface area contributed by atoms with Gasteiger partial charge in [0.2, 0.25) is 0 Å². The molecule has 0 fully saturated rings. The van der Waals surface area contributed by atoms with Crippen LogP contribution in [0.15, 0.2) is 48.5 Å². The summed E-state index contributed by atoms with van der Waals surface area (Å²) in [6.45, 7) is 4.33. The van der Waals surface area contributed by atoms with E-state index in [2.05, 4.69) is 20.6 Å². The molecule has 0 atom stereocenters. The highest BCUT2D eigenvalue weighted by Gasteiger charge is 2.06. The molecule has 0 radical (unpaired) electrons. The Balaban J connectivity index is 1.76. The van der Waals surface area contributed by atoms with Crippen LogP contribution in [0, 0.1) is 19.7 Å². The molecule has 0 aliphatic carbocycles. The Morgan fingerprint density at radius 3 is 2.48 bits per heavy atom. The Bertz CT molecular complexity index is 881. The fourth-order valence-electron chi connectivity index (χ4n) is 2.40. The Kier molecular flexibility index (Phi) is 5.14. The van der Waals surface area contributed by atoms with Crippen LogP contribution >= 0.6 is 11.6 Å². The minimum absolute atomic E-state index is 0.245. The lowest BCUT2D eigenvalue weighted by Gasteiger charge is -2.12. The number of aryl methyl sites for hydroxylation is 1. The molecule has 0 amide bonds. The Labute approximate surface area is 151 Å². The lowest BCUT2D eigenvalue weighted by molar-refractivity contribution is 0.627. The normalized spacial score (nSPS) is 10.6. The van der Waals surface area contributed by atoms with Crippen molar-refractivity contribution < 1.29 is 4.39 Å². The summed E-state index contributed by atoms with van der Waals surface area (Å²) < 4.78 is 13.0. The predicted molar refractivity (Wildman–Crippen MR) is 100.0 cm³/mol. The molecule has 3 rings (SSSR count). The van der Waals surface area contributed by atoms with Crippen molar-refractivity contribution in [1.29, 1.82) is 0 Å². The molecule has 128 valence electrons. The fourth-order valence-corrected chi connectivity index (χ4v) is 2.57. The van der Waals surface area contributed by atoms with Crippen molar-refractivity contribution in [2.24, 2.45) is 0 Å². The molecule has 0 spiro atoms. The van der Waals surface area contributed by atoms with Crippen molar-refractivity contribution in [2.45, 2.75) is 20.4 Å². The zero-order valence-electron chi connectivity index (χ0n) is 14.0. The maximum Gasteiger partial charge on any atom is 0.136 e. The third kappa shape index (κ3) is 4.45. The van der Waals surface area contributed by atoms with E-state index in [4.69, 9.17) is 11.6 Å². The number of benzene rings is 2. The average Bonchev–Trinajstić information content (AvgIpc) is 2.58. The van der Waals surface area contributed by atoms with Crippen molar-refractivity contribution in [2.75, 3.05) is 10.6 Å². The van der Waals surface area contributed by atoms with Gasteiger partial charge in [0.25, 0.3) is 0 Å². The van der Waals surface area contributed by atoms with E-state index >= 15 is 0 Å². The van der Waals surface area contributed by atoms with Crippen LogP contribution < -0.4 is 10.6 Å². The largest absolute Gasteiger partial charge is 0.366 e. The van der Waals surface area contributed by atoms with E-state index in [1.807, 2.05) is 38.1 Å². The van der Waals surface area contributed by atoms with Gasteiger partial charge in [-0.1, -0.05) is 29.8 Å². The van der Waals surface area contributed by atoms with E-state index in [1.54, 1.807) is 12.1 Å². The monoisotopic (exact) mass is 356 g/mol. The van der Waals surface area contributed by atoms with Gasteiger partial charge < -0.3 is 10.6 Å². The summed E-state index contributed by atoms with van der Waals surface area (Å²) in [5.41, 5.74) is 2.83. The third-order valence-corrected chi connectivity index (χ3v) is 4.16. The number of aromatic nitrogens is 2. The number of halogens is 2. The van der Waals surface area contributed by atoms with Gasteiger partial charge in [0.1, 0.15) is 23.3 Å². The summed E-state index contributed by atoms with van der Waals surface area (Å²) >= 11 is 6.16. The van der Waals surface area contributed by atoms with E-state index in [0.717, 1.165) is 16.8 Å². The molecule has 0 aliphatic rings. The summed E-state index contributed by atoms with van der Waals surface area (Å²) in [5.74, 6) is 1.77. The molecular weight excluding hydrogens is 339 g/mol. The highest BCUT2D eigenvalue weighted by molar-refractivity contribution is 6.31. The van der Waals surface area contributed by atoms with Crippen LogP contribution in [-0.2, 0) is 6.54 Å². The summed E-state index contributed by atoms with van der Waals surface area (Å²) in [7, 11) is 0. The second kappa shape index (κ2) is 7.49. The van der Waals surface area contributed by atoms with E-state index < -0.39 is 0 Å². The van der Waals surface area contributed by atoms with Crippen molar-refractivity contribution in [3.63, 3.8) is 0 Å². The minimum Gasteiger partial charge on any atom is -0.366 e. The van der Waals surface area contributed by atoms with Crippen LogP contribution in [0.2, 0.25) is 5.02 Å². The number of hydrogen-bond donors (Lipinski definition) is 2. The van der Waals surface area contributed by atoms with Gasteiger partial charge in [-0.15, -0.1) is 0 Å². The van der Waals surface area contributed by atoms with Gasteiger partial charge in [-0.3, -0.25) is 0 Å². The molecule has 25 heavy (non-hydrogen) atoms. The first-order valence-corrected chi connectivity index (χ1v) is 8.25. The lowest BCUT2D eigenvalue weighted by Crippen LogP contribution is -2.05. The number of nitrogens with one attached hydrogen (secondary N) is 2. The SMILES string of the molecule is Cc1nc(NCc2ccc(F)cc2)cc(Nc2cccc(Cl)c2C)n1. The molecule has 3 aromatic rings. The molecule has 4 nitrogen and oxygen atoms in total. The standard InChI is InChI=1S/C19H18ClFN4/c1-12-16(20)4-3-5-17(12)25-19-10-18(23-13(2)24-19)22-11-14-6-8-15(21)9-7-14/h3-10H,11H2,1-2H3,(H2,22,23,24,25). The topological polar surface area (TPSA) is 49.8 Å². The second-order valence-electron chi connectivity index (χ2n) is 5.70. The third-order valence-electron chi connectivity index (χ3n) is 3.76. The van der Waals surface area contributed by atoms with Crippen molar-refractivity contribution in [3.8, 4) is 0 Å². The van der Waals surface area contributed by atoms with Gasteiger partial charge >= 0.3 is 0 Å². The molecule has 0 saturated carbocycles. The van der Waals surface area contributed by atoms with Crippen LogP contribution in [0.1, 0.15) is 17.0 Å². The van der Waals surface area contributed by atoms with E-state index in [9.17, 15) is 4.39 Å². The smallest absolute Gasteiger partial charge is 0.136 e. The summed E-state index contributed by atoms with van der Waals surface area (Å²) in [6, 6.07) is 13.9. The molecule has 0 saturated heterocycles. The fraction of sp³-hybridized carbons (Fsp3) is 0.158. The Morgan fingerprint density at radius 2 is 1.72 bits per heavy atom. The molecular formula is C19H18ClFN4. The van der Waals surface area contributed by atoms with Gasteiger partial charge in [-0.2, -0.15) is 0 Å². The molecule has 0 unspecified atom stereocenters. The van der Waals surface area contributed by atoms with Crippen LogP contribution in [0.5, 0.6) is 0 Å². The summed E-state index contributed by atoms with van der Waals surface area (Å²) in [4.78, 5) is 8.80. The molecule has 0 aliphatic heterocycles. The second-order valence-corrected chi connectivity index (χ2v) is 6.11. The van der Waals surface area contributed by atoms with E-state index in [1.165, 1.54) is 12.1 Å². The quantitative estimate of drug-likeness (QED) is 0.656.